The molecule has 0 saturated carbocycles. The number of amides is 1. The minimum atomic E-state index is -3.39. The molecule has 1 unspecified atom stereocenters. The summed E-state index contributed by atoms with van der Waals surface area (Å²) in [7, 11) is -3.39. The van der Waals surface area contributed by atoms with Crippen LogP contribution in [-0.2, 0) is 14.6 Å². The minimum Gasteiger partial charge on any atom is -0.444 e. The molecule has 1 aromatic rings. The topological polar surface area (TPSA) is 119 Å². The molecule has 3 N–H and O–H groups in total. The molecule has 1 aliphatic rings. The fraction of sp³-hybridized carbons (Fsp3) is 0.632. The smallest absolute Gasteiger partial charge is 0.410 e. The van der Waals surface area contributed by atoms with Gasteiger partial charge in [-0.3, -0.25) is 0 Å². The average molecular weight is 430 g/mol. The molecule has 9 nitrogen and oxygen atoms in total. The lowest BCUT2D eigenvalue weighted by atomic mass is 10.2. The highest BCUT2D eigenvalue weighted by molar-refractivity contribution is 7.90. The molecule has 1 saturated heterocycles. The molecule has 2 rings (SSSR count). The molecule has 0 aliphatic carbocycles. The third-order valence-electron chi connectivity index (χ3n) is 4.41. The number of nitrogens with zero attached hydrogens (tertiary/aromatic N) is 2. The van der Waals surface area contributed by atoms with Crippen molar-refractivity contribution in [2.24, 2.45) is 0 Å². The van der Waals surface area contributed by atoms with Gasteiger partial charge in [0.25, 0.3) is 0 Å². The zero-order valence-corrected chi connectivity index (χ0v) is 18.2. The van der Waals surface area contributed by atoms with Crippen LogP contribution in [0.5, 0.6) is 0 Å². The van der Waals surface area contributed by atoms with Crippen LogP contribution in [0.25, 0.3) is 0 Å². The number of aliphatic hydroxyl groups excluding tert-OH is 2. The standard InChI is InChI=1S/C19H31N3O6S/c1-19(2,3)28-18(25)22-9-7-21(8-10-22)17-6-5-15(29(4,26)27)11-16(17)20-12-14(24)13-23/h5-6,11,14,20,23-24H,7-10,12-13H2,1-4H3. The van der Waals surface area contributed by atoms with Crippen LogP contribution in [0.4, 0.5) is 16.2 Å². The van der Waals surface area contributed by atoms with Gasteiger partial charge in [0.05, 0.1) is 29.0 Å². The summed E-state index contributed by atoms with van der Waals surface area (Å²) >= 11 is 0. The number of nitrogens with one attached hydrogen (secondary N) is 1. The number of piperazine rings is 1. The van der Waals surface area contributed by atoms with E-state index in [4.69, 9.17) is 9.84 Å². The van der Waals surface area contributed by atoms with Gasteiger partial charge in [-0.1, -0.05) is 0 Å². The van der Waals surface area contributed by atoms with Crippen LogP contribution in [0.3, 0.4) is 0 Å². The van der Waals surface area contributed by atoms with Crippen LogP contribution in [0, 0.1) is 0 Å². The van der Waals surface area contributed by atoms with Gasteiger partial charge in [-0.15, -0.1) is 0 Å². The summed E-state index contributed by atoms with van der Waals surface area (Å²) in [4.78, 5) is 16.1. The summed E-state index contributed by atoms with van der Waals surface area (Å²) in [5.41, 5.74) is 0.762. The Morgan fingerprint density at radius 2 is 1.86 bits per heavy atom. The van der Waals surface area contributed by atoms with Crippen molar-refractivity contribution in [3.05, 3.63) is 18.2 Å². The maximum atomic E-state index is 12.2. The Hall–Kier alpha value is -2.04. The van der Waals surface area contributed by atoms with Crippen LogP contribution in [0.1, 0.15) is 20.8 Å². The van der Waals surface area contributed by atoms with Gasteiger partial charge in [-0.25, -0.2) is 13.2 Å². The SMILES string of the molecule is CC(C)(C)OC(=O)N1CCN(c2ccc(S(C)(=O)=O)cc2NCC(O)CO)CC1. The summed E-state index contributed by atoms with van der Waals surface area (Å²) in [6.45, 7) is 7.19. The second kappa shape index (κ2) is 9.19. The van der Waals surface area contributed by atoms with Gasteiger partial charge >= 0.3 is 6.09 Å². The Labute approximate surface area is 172 Å². The second-order valence-electron chi connectivity index (χ2n) is 8.12. The Morgan fingerprint density at radius 3 is 2.38 bits per heavy atom. The Morgan fingerprint density at radius 1 is 1.24 bits per heavy atom. The lowest BCUT2D eigenvalue weighted by Gasteiger charge is -2.37. The lowest BCUT2D eigenvalue weighted by molar-refractivity contribution is 0.0240. The number of sulfone groups is 1. The molecule has 0 aromatic heterocycles. The lowest BCUT2D eigenvalue weighted by Crippen LogP contribution is -2.50. The fourth-order valence-corrected chi connectivity index (χ4v) is 3.56. The van der Waals surface area contributed by atoms with Crippen LogP contribution >= 0.6 is 0 Å². The highest BCUT2D eigenvalue weighted by Crippen LogP contribution is 2.30. The molecule has 1 amide bonds. The zero-order valence-electron chi connectivity index (χ0n) is 17.4. The highest BCUT2D eigenvalue weighted by atomic mass is 32.2. The van der Waals surface area contributed by atoms with E-state index >= 15 is 0 Å². The first-order valence-corrected chi connectivity index (χ1v) is 11.4. The molecule has 1 aromatic carbocycles. The van der Waals surface area contributed by atoms with Crippen LogP contribution in [0.2, 0.25) is 0 Å². The van der Waals surface area contributed by atoms with Crippen molar-refractivity contribution in [2.75, 3.05) is 55.8 Å². The van der Waals surface area contributed by atoms with Crippen molar-refractivity contribution in [3.63, 3.8) is 0 Å². The first-order valence-electron chi connectivity index (χ1n) is 9.50. The van der Waals surface area contributed by atoms with Crippen LogP contribution in [0.15, 0.2) is 23.1 Å². The number of benzene rings is 1. The summed E-state index contributed by atoms with van der Waals surface area (Å²) in [5, 5.41) is 21.7. The van der Waals surface area contributed by atoms with Crippen molar-refractivity contribution in [2.45, 2.75) is 37.4 Å². The Kier molecular flexibility index (Phi) is 7.36. The van der Waals surface area contributed by atoms with Gasteiger partial charge in [-0.05, 0) is 39.0 Å². The van der Waals surface area contributed by atoms with Crippen LogP contribution < -0.4 is 10.2 Å². The quantitative estimate of drug-likeness (QED) is 0.611. The molecule has 1 atom stereocenters. The minimum absolute atomic E-state index is 0.0780. The normalized spacial score (nSPS) is 16.5. The summed E-state index contributed by atoms with van der Waals surface area (Å²) in [6.07, 6.45) is -0.184. The van der Waals surface area contributed by atoms with E-state index in [-0.39, 0.29) is 17.5 Å². The van der Waals surface area contributed by atoms with E-state index in [2.05, 4.69) is 5.32 Å². The average Bonchev–Trinajstić information content (AvgIpc) is 2.64. The van der Waals surface area contributed by atoms with Gasteiger partial charge in [0.15, 0.2) is 9.84 Å². The number of hydrogen-bond donors (Lipinski definition) is 3. The van der Waals surface area contributed by atoms with Gasteiger partial charge in [-0.2, -0.15) is 0 Å². The van der Waals surface area contributed by atoms with Gasteiger partial charge in [0, 0.05) is 39.0 Å². The molecule has 1 fully saturated rings. The molecular weight excluding hydrogens is 398 g/mol. The van der Waals surface area contributed by atoms with Gasteiger partial charge < -0.3 is 30.1 Å². The predicted octanol–water partition coefficient (Wildman–Crippen LogP) is 0.912. The maximum absolute atomic E-state index is 12.2. The number of carbonyl (C=O) groups is 1. The summed E-state index contributed by atoms with van der Waals surface area (Å²) < 4.78 is 29.2. The molecule has 0 radical (unpaired) electrons. The zero-order chi connectivity index (χ0) is 21.8. The molecule has 29 heavy (non-hydrogen) atoms. The third-order valence-corrected chi connectivity index (χ3v) is 5.52. The highest BCUT2D eigenvalue weighted by Gasteiger charge is 2.27. The molecule has 0 spiro atoms. The fourth-order valence-electron chi connectivity index (χ4n) is 2.91. The predicted molar refractivity (Wildman–Crippen MR) is 111 cm³/mol. The van der Waals surface area contributed by atoms with Crippen molar-refractivity contribution in [1.29, 1.82) is 0 Å². The molecular formula is C19H31N3O6S. The number of carbonyl (C=O) groups excluding carboxylic acids is 1. The third kappa shape index (κ3) is 6.76. The molecule has 0 bridgehead atoms. The summed E-state index contributed by atoms with van der Waals surface area (Å²) in [5.74, 6) is 0. The Balaban J connectivity index is 2.16. The maximum Gasteiger partial charge on any atom is 0.410 e. The summed E-state index contributed by atoms with van der Waals surface area (Å²) in [6, 6.07) is 4.78. The second-order valence-corrected chi connectivity index (χ2v) is 10.1. The molecule has 164 valence electrons. The van der Waals surface area contributed by atoms with E-state index in [1.807, 2.05) is 25.7 Å². The largest absolute Gasteiger partial charge is 0.444 e. The van der Waals surface area contributed by atoms with Crippen molar-refractivity contribution in [1.82, 2.24) is 4.90 Å². The number of hydrogen-bond acceptors (Lipinski definition) is 8. The molecule has 1 heterocycles. The van der Waals surface area contributed by atoms with E-state index in [0.29, 0.717) is 31.9 Å². The number of anilines is 2. The van der Waals surface area contributed by atoms with E-state index < -0.39 is 28.1 Å². The number of aliphatic hydroxyl groups is 2. The number of rotatable bonds is 6. The van der Waals surface area contributed by atoms with Gasteiger partial charge in [0.2, 0.25) is 0 Å². The van der Waals surface area contributed by atoms with E-state index in [1.165, 1.54) is 6.07 Å². The van der Waals surface area contributed by atoms with E-state index in [1.54, 1.807) is 17.0 Å². The van der Waals surface area contributed by atoms with Crippen molar-refractivity contribution >= 4 is 27.3 Å². The Bertz CT molecular complexity index is 814. The number of ether oxygens (including phenoxy) is 1. The van der Waals surface area contributed by atoms with Crippen molar-refractivity contribution < 1.29 is 28.2 Å². The van der Waals surface area contributed by atoms with Crippen molar-refractivity contribution in [3.8, 4) is 0 Å². The van der Waals surface area contributed by atoms with E-state index in [0.717, 1.165) is 11.9 Å². The first-order chi connectivity index (χ1) is 13.4. The van der Waals surface area contributed by atoms with Gasteiger partial charge in [0.1, 0.15) is 5.60 Å². The first kappa shape index (κ1) is 23.2. The molecule has 1 aliphatic heterocycles. The van der Waals surface area contributed by atoms with E-state index in [9.17, 15) is 18.3 Å². The monoisotopic (exact) mass is 429 g/mol. The molecule has 10 heteroatoms. The van der Waals surface area contributed by atoms with Crippen LogP contribution in [-0.4, -0.2) is 86.9 Å².